The van der Waals surface area contributed by atoms with Crippen molar-refractivity contribution >= 4 is 5.91 Å². The zero-order valence-electron chi connectivity index (χ0n) is 13.8. The standard InChI is InChI=1S/C17H23N3O3/c1-12(2)4-5-13(3)19-16(21)10-22-15-8-6-14(7-9-15)17-20-18-11-23-17/h6-9,11-13H,4-5,10H2,1-3H3,(H,19,21)/t13-/m1/s1. The van der Waals surface area contributed by atoms with E-state index in [1.165, 1.54) is 6.39 Å². The van der Waals surface area contributed by atoms with Gasteiger partial charge in [0.1, 0.15) is 5.75 Å². The van der Waals surface area contributed by atoms with Crippen LogP contribution < -0.4 is 10.1 Å². The molecule has 0 fully saturated rings. The van der Waals surface area contributed by atoms with Gasteiger partial charge in [-0.1, -0.05) is 13.8 Å². The Kier molecular flexibility index (Phi) is 6.14. The van der Waals surface area contributed by atoms with Crippen molar-refractivity contribution < 1.29 is 13.9 Å². The van der Waals surface area contributed by atoms with Gasteiger partial charge in [-0.2, -0.15) is 0 Å². The number of benzene rings is 1. The molecule has 6 heteroatoms. The summed E-state index contributed by atoms with van der Waals surface area (Å²) in [4.78, 5) is 11.9. The lowest BCUT2D eigenvalue weighted by molar-refractivity contribution is -0.123. The van der Waals surface area contributed by atoms with E-state index in [1.807, 2.05) is 19.1 Å². The summed E-state index contributed by atoms with van der Waals surface area (Å²) in [6.07, 6.45) is 3.35. The summed E-state index contributed by atoms with van der Waals surface area (Å²) >= 11 is 0. The number of rotatable bonds is 8. The van der Waals surface area contributed by atoms with Gasteiger partial charge in [-0.15, -0.1) is 10.2 Å². The Labute approximate surface area is 136 Å². The van der Waals surface area contributed by atoms with Gasteiger partial charge in [0.05, 0.1) is 0 Å². The minimum absolute atomic E-state index is 0.00588. The van der Waals surface area contributed by atoms with Gasteiger partial charge < -0.3 is 14.5 Å². The third kappa shape index (κ3) is 5.73. The quantitative estimate of drug-likeness (QED) is 0.809. The lowest BCUT2D eigenvalue weighted by Crippen LogP contribution is -2.36. The molecule has 1 heterocycles. The van der Waals surface area contributed by atoms with E-state index in [1.54, 1.807) is 12.1 Å². The topological polar surface area (TPSA) is 77.2 Å². The van der Waals surface area contributed by atoms with Crippen molar-refractivity contribution in [3.63, 3.8) is 0 Å². The van der Waals surface area contributed by atoms with Gasteiger partial charge in [0.2, 0.25) is 12.3 Å². The van der Waals surface area contributed by atoms with Crippen LogP contribution in [0.4, 0.5) is 0 Å². The highest BCUT2D eigenvalue weighted by molar-refractivity contribution is 5.77. The first kappa shape index (κ1) is 17.0. The third-order valence-corrected chi connectivity index (χ3v) is 3.42. The number of amides is 1. The minimum atomic E-state index is -0.109. The number of carbonyl (C=O) groups is 1. The van der Waals surface area contributed by atoms with Crippen LogP contribution in [0.15, 0.2) is 35.1 Å². The Morgan fingerprint density at radius 2 is 1.96 bits per heavy atom. The van der Waals surface area contributed by atoms with E-state index >= 15 is 0 Å². The Morgan fingerprint density at radius 1 is 1.22 bits per heavy atom. The third-order valence-electron chi connectivity index (χ3n) is 3.42. The van der Waals surface area contributed by atoms with Crippen molar-refractivity contribution in [1.29, 1.82) is 0 Å². The van der Waals surface area contributed by atoms with Gasteiger partial charge in [0.15, 0.2) is 6.61 Å². The normalized spacial score (nSPS) is 12.2. The second kappa shape index (κ2) is 8.31. The lowest BCUT2D eigenvalue weighted by atomic mass is 10.0. The fourth-order valence-corrected chi connectivity index (χ4v) is 2.11. The van der Waals surface area contributed by atoms with Gasteiger partial charge in [-0.05, 0) is 49.9 Å². The summed E-state index contributed by atoms with van der Waals surface area (Å²) in [6.45, 7) is 6.37. The molecule has 6 nitrogen and oxygen atoms in total. The maximum atomic E-state index is 11.9. The monoisotopic (exact) mass is 317 g/mol. The van der Waals surface area contributed by atoms with Gasteiger partial charge in [0, 0.05) is 11.6 Å². The zero-order valence-corrected chi connectivity index (χ0v) is 13.8. The molecular formula is C17H23N3O3. The Morgan fingerprint density at radius 3 is 2.57 bits per heavy atom. The van der Waals surface area contributed by atoms with Crippen LogP contribution in [0.1, 0.15) is 33.6 Å². The van der Waals surface area contributed by atoms with Crippen LogP contribution in [0.3, 0.4) is 0 Å². The van der Waals surface area contributed by atoms with Crippen molar-refractivity contribution in [1.82, 2.24) is 15.5 Å². The highest BCUT2D eigenvalue weighted by Crippen LogP contribution is 2.20. The van der Waals surface area contributed by atoms with Gasteiger partial charge in [-0.25, -0.2) is 0 Å². The number of hydrogen-bond donors (Lipinski definition) is 1. The predicted octanol–water partition coefficient (Wildman–Crippen LogP) is 3.06. The predicted molar refractivity (Wildman–Crippen MR) is 86.9 cm³/mol. The summed E-state index contributed by atoms with van der Waals surface area (Å²) in [5.41, 5.74) is 0.807. The molecule has 0 aliphatic heterocycles. The van der Waals surface area contributed by atoms with E-state index < -0.39 is 0 Å². The first-order valence-electron chi connectivity index (χ1n) is 7.83. The number of nitrogens with one attached hydrogen (secondary N) is 1. The molecular weight excluding hydrogens is 294 g/mol. The molecule has 0 aliphatic carbocycles. The van der Waals surface area contributed by atoms with Crippen molar-refractivity contribution in [3.8, 4) is 17.2 Å². The summed E-state index contributed by atoms with van der Waals surface area (Å²) in [7, 11) is 0. The SMILES string of the molecule is CC(C)CC[C@@H](C)NC(=O)COc1ccc(-c2nnco2)cc1. The fourth-order valence-electron chi connectivity index (χ4n) is 2.11. The van der Waals surface area contributed by atoms with Crippen LogP contribution >= 0.6 is 0 Å². The van der Waals surface area contributed by atoms with E-state index in [2.05, 4.69) is 29.4 Å². The van der Waals surface area contributed by atoms with E-state index in [0.717, 1.165) is 18.4 Å². The average Bonchev–Trinajstić information content (AvgIpc) is 3.06. The second-order valence-corrected chi connectivity index (χ2v) is 6.00. The molecule has 0 saturated heterocycles. The molecule has 0 spiro atoms. The van der Waals surface area contributed by atoms with Crippen LogP contribution in [-0.2, 0) is 4.79 Å². The minimum Gasteiger partial charge on any atom is -0.484 e. The first-order valence-corrected chi connectivity index (χ1v) is 7.83. The molecule has 1 aromatic carbocycles. The summed E-state index contributed by atoms with van der Waals surface area (Å²) in [5.74, 6) is 1.61. The Balaban J connectivity index is 1.76. The summed E-state index contributed by atoms with van der Waals surface area (Å²) in [5, 5.41) is 10.4. The van der Waals surface area contributed by atoms with Crippen LogP contribution in [0.25, 0.3) is 11.5 Å². The van der Waals surface area contributed by atoms with Gasteiger partial charge in [0.25, 0.3) is 5.91 Å². The van der Waals surface area contributed by atoms with Gasteiger partial charge >= 0.3 is 0 Å². The fraction of sp³-hybridized carbons (Fsp3) is 0.471. The smallest absolute Gasteiger partial charge is 0.258 e. The van der Waals surface area contributed by atoms with Crippen molar-refractivity contribution in [2.24, 2.45) is 5.92 Å². The molecule has 1 atom stereocenters. The first-order chi connectivity index (χ1) is 11.0. The average molecular weight is 317 g/mol. The number of hydrogen-bond acceptors (Lipinski definition) is 5. The number of aromatic nitrogens is 2. The molecule has 0 aliphatic rings. The number of carbonyl (C=O) groups excluding carboxylic acids is 1. The Hall–Kier alpha value is -2.37. The van der Waals surface area contributed by atoms with Crippen LogP contribution in [0.5, 0.6) is 5.75 Å². The maximum Gasteiger partial charge on any atom is 0.258 e. The lowest BCUT2D eigenvalue weighted by Gasteiger charge is -2.15. The molecule has 0 unspecified atom stereocenters. The van der Waals surface area contributed by atoms with E-state index in [9.17, 15) is 4.79 Å². The van der Waals surface area contributed by atoms with E-state index in [4.69, 9.17) is 9.15 Å². The molecule has 0 saturated carbocycles. The maximum absolute atomic E-state index is 11.9. The highest BCUT2D eigenvalue weighted by atomic mass is 16.5. The zero-order chi connectivity index (χ0) is 16.7. The highest BCUT2D eigenvalue weighted by Gasteiger charge is 2.09. The molecule has 2 rings (SSSR count). The molecule has 1 aromatic heterocycles. The summed E-state index contributed by atoms with van der Waals surface area (Å²) < 4.78 is 10.6. The molecule has 2 aromatic rings. The molecule has 0 bridgehead atoms. The van der Waals surface area contributed by atoms with E-state index in [-0.39, 0.29) is 18.6 Å². The number of nitrogens with zero attached hydrogens (tertiary/aromatic N) is 2. The molecule has 124 valence electrons. The summed E-state index contributed by atoms with van der Waals surface area (Å²) in [6, 6.07) is 7.33. The van der Waals surface area contributed by atoms with Crippen LogP contribution in [-0.4, -0.2) is 28.8 Å². The van der Waals surface area contributed by atoms with Crippen molar-refractivity contribution in [2.75, 3.05) is 6.61 Å². The molecule has 1 N–H and O–H groups in total. The largest absolute Gasteiger partial charge is 0.484 e. The van der Waals surface area contributed by atoms with Crippen molar-refractivity contribution in [2.45, 2.75) is 39.7 Å². The second-order valence-electron chi connectivity index (χ2n) is 6.00. The van der Waals surface area contributed by atoms with Crippen LogP contribution in [0, 0.1) is 5.92 Å². The van der Waals surface area contributed by atoms with Crippen molar-refractivity contribution in [3.05, 3.63) is 30.7 Å². The molecule has 0 radical (unpaired) electrons. The number of ether oxygens (including phenoxy) is 1. The van der Waals surface area contributed by atoms with Gasteiger partial charge in [-0.3, -0.25) is 4.79 Å². The molecule has 23 heavy (non-hydrogen) atoms. The molecule has 1 amide bonds. The van der Waals surface area contributed by atoms with Crippen LogP contribution in [0.2, 0.25) is 0 Å². The Bertz CT molecular complexity index is 594. The van der Waals surface area contributed by atoms with E-state index in [0.29, 0.717) is 17.6 Å².